The lowest BCUT2D eigenvalue weighted by atomic mass is 10.0. The molecule has 12 heavy (non-hydrogen) atoms. The Hall–Kier alpha value is -0.790. The highest BCUT2D eigenvalue weighted by Gasteiger charge is 1.98. The average molecular weight is 170 g/mol. The molecule has 0 aliphatic heterocycles. The molecule has 70 valence electrons. The minimum absolute atomic E-state index is 0.253. The molecule has 0 aliphatic carbocycles. The van der Waals surface area contributed by atoms with Crippen molar-refractivity contribution in [3.05, 3.63) is 11.6 Å². The van der Waals surface area contributed by atoms with Gasteiger partial charge in [0.25, 0.3) is 0 Å². The molecule has 0 N–H and O–H groups in total. The van der Waals surface area contributed by atoms with E-state index in [-0.39, 0.29) is 5.97 Å². The zero-order valence-corrected chi connectivity index (χ0v) is 8.39. The number of methoxy groups -OCH3 is 1. The van der Waals surface area contributed by atoms with Crippen molar-refractivity contribution in [3.63, 3.8) is 0 Å². The Kier molecular flexibility index (Phi) is 5.43. The van der Waals surface area contributed by atoms with Gasteiger partial charge in [-0.05, 0) is 25.7 Å². The highest BCUT2D eigenvalue weighted by atomic mass is 16.5. The number of hydrogen-bond donors (Lipinski definition) is 0. The van der Waals surface area contributed by atoms with Crippen LogP contribution in [0.15, 0.2) is 11.6 Å². The summed E-state index contributed by atoms with van der Waals surface area (Å²) in [5.74, 6) is 0.433. The first kappa shape index (κ1) is 11.2. The molecule has 0 amide bonds. The number of ether oxygens (including phenoxy) is 1. The number of carbonyl (C=O) groups is 1. The van der Waals surface area contributed by atoms with Gasteiger partial charge in [-0.15, -0.1) is 0 Å². The van der Waals surface area contributed by atoms with Gasteiger partial charge >= 0.3 is 5.97 Å². The van der Waals surface area contributed by atoms with Gasteiger partial charge < -0.3 is 4.74 Å². The Balaban J connectivity index is 3.78. The molecule has 0 atom stereocenters. The second-order valence-corrected chi connectivity index (χ2v) is 3.45. The van der Waals surface area contributed by atoms with Gasteiger partial charge in [-0.3, -0.25) is 0 Å². The summed E-state index contributed by atoms with van der Waals surface area (Å²) in [6.07, 6.45) is 3.66. The van der Waals surface area contributed by atoms with Crippen molar-refractivity contribution < 1.29 is 9.53 Å². The molecule has 0 aromatic heterocycles. The normalized spacial score (nSPS) is 11.9. The second kappa shape index (κ2) is 5.81. The van der Waals surface area contributed by atoms with E-state index in [2.05, 4.69) is 18.6 Å². The molecule has 0 aliphatic rings. The van der Waals surface area contributed by atoms with E-state index in [4.69, 9.17) is 0 Å². The van der Waals surface area contributed by atoms with E-state index >= 15 is 0 Å². The van der Waals surface area contributed by atoms with Crippen molar-refractivity contribution in [2.75, 3.05) is 7.11 Å². The molecular formula is C10H18O2. The van der Waals surface area contributed by atoms with E-state index in [9.17, 15) is 4.79 Å². The highest BCUT2D eigenvalue weighted by Crippen LogP contribution is 2.10. The molecule has 0 saturated heterocycles. The van der Waals surface area contributed by atoms with Crippen LogP contribution in [0.2, 0.25) is 0 Å². The summed E-state index contributed by atoms with van der Waals surface area (Å²) in [7, 11) is 1.40. The summed E-state index contributed by atoms with van der Waals surface area (Å²) in [6.45, 7) is 6.30. The summed E-state index contributed by atoms with van der Waals surface area (Å²) in [6, 6.07) is 0. The fraction of sp³-hybridized carbons (Fsp3) is 0.700. The first-order chi connectivity index (χ1) is 5.56. The van der Waals surface area contributed by atoms with Gasteiger partial charge in [-0.1, -0.05) is 19.4 Å². The smallest absolute Gasteiger partial charge is 0.330 e. The second-order valence-electron chi connectivity index (χ2n) is 3.45. The van der Waals surface area contributed by atoms with Crippen molar-refractivity contribution in [2.45, 2.75) is 33.6 Å². The topological polar surface area (TPSA) is 26.3 Å². The van der Waals surface area contributed by atoms with E-state index in [1.165, 1.54) is 7.11 Å². The lowest BCUT2D eigenvalue weighted by Crippen LogP contribution is -1.96. The number of hydrogen-bond acceptors (Lipinski definition) is 2. The molecule has 0 radical (unpaired) electrons. The van der Waals surface area contributed by atoms with Crippen LogP contribution in [0.1, 0.15) is 33.6 Å². The van der Waals surface area contributed by atoms with Crippen LogP contribution in [0.5, 0.6) is 0 Å². The molecule has 0 unspecified atom stereocenters. The standard InChI is InChI=1S/C10H18O2/c1-8(2)5-6-9(3)7-10(11)12-4/h7-8H,5-6H2,1-4H3/b9-7-. The van der Waals surface area contributed by atoms with Crippen LogP contribution in [-0.4, -0.2) is 13.1 Å². The zero-order chi connectivity index (χ0) is 9.56. The summed E-state index contributed by atoms with van der Waals surface area (Å²) in [5, 5.41) is 0. The summed E-state index contributed by atoms with van der Waals surface area (Å²) in [4.78, 5) is 10.8. The quantitative estimate of drug-likeness (QED) is 0.478. The van der Waals surface area contributed by atoms with Crippen LogP contribution in [0, 0.1) is 5.92 Å². The van der Waals surface area contributed by atoms with Gasteiger partial charge in [0.1, 0.15) is 0 Å². The maximum atomic E-state index is 10.8. The summed E-state index contributed by atoms with van der Waals surface area (Å²) in [5.41, 5.74) is 1.09. The van der Waals surface area contributed by atoms with E-state index in [1.807, 2.05) is 6.92 Å². The van der Waals surface area contributed by atoms with Crippen molar-refractivity contribution in [1.82, 2.24) is 0 Å². The van der Waals surface area contributed by atoms with Crippen LogP contribution >= 0.6 is 0 Å². The van der Waals surface area contributed by atoms with E-state index in [0.717, 1.165) is 18.4 Å². The van der Waals surface area contributed by atoms with Crippen LogP contribution in [-0.2, 0) is 9.53 Å². The molecule has 0 bridgehead atoms. The van der Waals surface area contributed by atoms with Gasteiger partial charge in [-0.25, -0.2) is 4.79 Å². The van der Waals surface area contributed by atoms with Gasteiger partial charge in [-0.2, -0.15) is 0 Å². The zero-order valence-electron chi connectivity index (χ0n) is 8.39. The van der Waals surface area contributed by atoms with Crippen LogP contribution in [0.3, 0.4) is 0 Å². The Morgan fingerprint density at radius 3 is 2.50 bits per heavy atom. The fourth-order valence-corrected chi connectivity index (χ4v) is 0.849. The number of rotatable bonds is 4. The minimum Gasteiger partial charge on any atom is -0.466 e. The molecule has 0 saturated carbocycles. The highest BCUT2D eigenvalue weighted by molar-refractivity contribution is 5.82. The number of esters is 1. The summed E-state index contributed by atoms with van der Waals surface area (Å²) < 4.78 is 4.51. The number of carbonyl (C=O) groups excluding carboxylic acids is 1. The third kappa shape index (κ3) is 5.96. The van der Waals surface area contributed by atoms with Crippen LogP contribution in [0.4, 0.5) is 0 Å². The van der Waals surface area contributed by atoms with Gasteiger partial charge in [0.05, 0.1) is 7.11 Å². The Labute approximate surface area is 74.6 Å². The largest absolute Gasteiger partial charge is 0.466 e. The van der Waals surface area contributed by atoms with Gasteiger partial charge in [0, 0.05) is 6.08 Å². The Morgan fingerprint density at radius 2 is 2.08 bits per heavy atom. The Morgan fingerprint density at radius 1 is 1.50 bits per heavy atom. The van der Waals surface area contributed by atoms with E-state index < -0.39 is 0 Å². The van der Waals surface area contributed by atoms with Crippen LogP contribution in [0.25, 0.3) is 0 Å². The predicted octanol–water partition coefficient (Wildman–Crippen LogP) is 2.54. The first-order valence-corrected chi connectivity index (χ1v) is 4.31. The maximum Gasteiger partial charge on any atom is 0.330 e. The maximum absolute atomic E-state index is 10.8. The van der Waals surface area contributed by atoms with E-state index in [1.54, 1.807) is 6.08 Å². The molecule has 0 aromatic carbocycles. The fourth-order valence-electron chi connectivity index (χ4n) is 0.849. The third-order valence-corrected chi connectivity index (χ3v) is 1.68. The molecule has 2 heteroatoms. The molecule has 0 heterocycles. The first-order valence-electron chi connectivity index (χ1n) is 4.31. The van der Waals surface area contributed by atoms with Crippen molar-refractivity contribution >= 4 is 5.97 Å². The van der Waals surface area contributed by atoms with Gasteiger partial charge in [0.2, 0.25) is 0 Å². The molecule has 0 fully saturated rings. The van der Waals surface area contributed by atoms with Crippen LogP contribution < -0.4 is 0 Å². The third-order valence-electron chi connectivity index (χ3n) is 1.68. The van der Waals surface area contributed by atoms with Crippen molar-refractivity contribution in [3.8, 4) is 0 Å². The molecule has 2 nitrogen and oxygen atoms in total. The van der Waals surface area contributed by atoms with Crippen molar-refractivity contribution in [2.24, 2.45) is 5.92 Å². The van der Waals surface area contributed by atoms with E-state index in [0.29, 0.717) is 5.92 Å². The van der Waals surface area contributed by atoms with Gasteiger partial charge in [0.15, 0.2) is 0 Å². The Bertz CT molecular complexity index is 169. The molecular weight excluding hydrogens is 152 g/mol. The molecule has 0 spiro atoms. The molecule has 0 rings (SSSR count). The predicted molar refractivity (Wildman–Crippen MR) is 49.8 cm³/mol. The van der Waals surface area contributed by atoms with Crippen molar-refractivity contribution in [1.29, 1.82) is 0 Å². The monoisotopic (exact) mass is 170 g/mol. The lowest BCUT2D eigenvalue weighted by molar-refractivity contribution is -0.134. The SMILES string of the molecule is COC(=O)/C=C(/C)CCC(C)C. The lowest BCUT2D eigenvalue weighted by Gasteiger charge is -2.03. The minimum atomic E-state index is -0.253. The molecule has 0 aromatic rings. The number of allylic oxidation sites excluding steroid dienone is 1. The summed E-state index contributed by atoms with van der Waals surface area (Å²) >= 11 is 0. The average Bonchev–Trinajstić information content (AvgIpc) is 2.00.